The van der Waals surface area contributed by atoms with Gasteiger partial charge in [0.2, 0.25) is 5.91 Å². The topological polar surface area (TPSA) is 75.6 Å². The van der Waals surface area contributed by atoms with E-state index in [9.17, 15) is 14.7 Å². The van der Waals surface area contributed by atoms with Crippen LogP contribution < -0.4 is 5.32 Å². The van der Waals surface area contributed by atoms with E-state index >= 15 is 0 Å². The highest BCUT2D eigenvalue weighted by atomic mass is 32.2. The predicted octanol–water partition coefficient (Wildman–Crippen LogP) is 1.80. The van der Waals surface area contributed by atoms with Gasteiger partial charge < -0.3 is 15.2 Å². The maximum Gasteiger partial charge on any atom is 0.329 e. The lowest BCUT2D eigenvalue weighted by molar-refractivity contribution is -0.148. The van der Waals surface area contributed by atoms with Crippen LogP contribution in [0.4, 0.5) is 0 Å². The molecule has 5 nitrogen and oxygen atoms in total. The van der Waals surface area contributed by atoms with Gasteiger partial charge in [0.25, 0.3) is 0 Å². The smallest absolute Gasteiger partial charge is 0.329 e. The molecule has 0 radical (unpaired) electrons. The van der Waals surface area contributed by atoms with Gasteiger partial charge >= 0.3 is 5.97 Å². The zero-order valence-corrected chi connectivity index (χ0v) is 12.5. The molecule has 2 heterocycles. The Balaban J connectivity index is 1.80. The lowest BCUT2D eigenvalue weighted by atomic mass is 9.92. The molecule has 0 aliphatic carbocycles. The first-order valence-electron chi connectivity index (χ1n) is 7.36. The number of aliphatic carboxylic acids is 1. The molecule has 1 amide bonds. The Hall–Kier alpha value is -0.750. The number of ether oxygens (including phenoxy) is 1. The van der Waals surface area contributed by atoms with Crippen LogP contribution in [-0.2, 0) is 14.3 Å². The normalized spacial score (nSPS) is 25.9. The average molecular weight is 301 g/mol. The molecule has 2 fully saturated rings. The van der Waals surface area contributed by atoms with Crippen LogP contribution in [0.3, 0.4) is 0 Å². The summed E-state index contributed by atoms with van der Waals surface area (Å²) in [5.41, 5.74) is -1.05. The molecule has 1 unspecified atom stereocenters. The highest BCUT2D eigenvalue weighted by molar-refractivity contribution is 7.99. The monoisotopic (exact) mass is 301 g/mol. The van der Waals surface area contributed by atoms with E-state index < -0.39 is 11.5 Å². The molecule has 0 aromatic rings. The minimum absolute atomic E-state index is 0.159. The van der Waals surface area contributed by atoms with Crippen molar-refractivity contribution in [2.24, 2.45) is 0 Å². The third-order valence-corrected chi connectivity index (χ3v) is 5.09. The Kier molecular flexibility index (Phi) is 5.72. The highest BCUT2D eigenvalue weighted by Crippen LogP contribution is 2.27. The van der Waals surface area contributed by atoms with Gasteiger partial charge in [-0.05, 0) is 50.0 Å². The van der Waals surface area contributed by atoms with E-state index in [4.69, 9.17) is 4.74 Å². The van der Waals surface area contributed by atoms with Crippen molar-refractivity contribution in [1.82, 2.24) is 5.32 Å². The molecule has 2 aliphatic heterocycles. The molecule has 114 valence electrons. The van der Waals surface area contributed by atoms with Crippen LogP contribution in [0.2, 0.25) is 0 Å². The summed E-state index contributed by atoms with van der Waals surface area (Å²) in [6, 6.07) is 0. The van der Waals surface area contributed by atoms with Gasteiger partial charge in [-0.3, -0.25) is 4.79 Å². The van der Waals surface area contributed by atoms with Crippen molar-refractivity contribution in [3.05, 3.63) is 0 Å². The van der Waals surface area contributed by atoms with Gasteiger partial charge in [0.05, 0.1) is 6.10 Å². The minimum atomic E-state index is -1.05. The van der Waals surface area contributed by atoms with Crippen LogP contribution >= 0.6 is 11.8 Å². The Morgan fingerprint density at radius 2 is 2.05 bits per heavy atom. The summed E-state index contributed by atoms with van der Waals surface area (Å²) in [6.07, 6.45) is 5.50. The Morgan fingerprint density at radius 1 is 1.30 bits per heavy atom. The summed E-state index contributed by atoms with van der Waals surface area (Å²) in [5.74, 6) is 0.518. The van der Waals surface area contributed by atoms with E-state index in [0.29, 0.717) is 25.7 Å². The van der Waals surface area contributed by atoms with Crippen molar-refractivity contribution in [2.75, 3.05) is 18.1 Å². The molecule has 2 N–H and O–H groups in total. The predicted molar refractivity (Wildman–Crippen MR) is 77.9 cm³/mol. The van der Waals surface area contributed by atoms with Crippen molar-refractivity contribution in [1.29, 1.82) is 0 Å². The van der Waals surface area contributed by atoms with Gasteiger partial charge in [-0.2, -0.15) is 11.8 Å². The first kappa shape index (κ1) is 15.6. The number of hydrogen-bond acceptors (Lipinski definition) is 4. The number of carbonyl (C=O) groups is 2. The quantitative estimate of drug-likeness (QED) is 0.810. The van der Waals surface area contributed by atoms with E-state index in [1.165, 1.54) is 0 Å². The molecule has 0 bridgehead atoms. The molecule has 1 atom stereocenters. The van der Waals surface area contributed by atoms with Crippen LogP contribution in [0.15, 0.2) is 0 Å². The third-order valence-electron chi connectivity index (χ3n) is 4.10. The fourth-order valence-corrected chi connectivity index (χ4v) is 3.96. The minimum Gasteiger partial charge on any atom is -0.480 e. The lowest BCUT2D eigenvalue weighted by Gasteiger charge is -2.34. The SMILES string of the molecule is O=C(CCC1CCCCO1)NC1(C(=O)O)CCSCC1. The molecule has 2 saturated heterocycles. The zero-order valence-electron chi connectivity index (χ0n) is 11.7. The van der Waals surface area contributed by atoms with E-state index in [-0.39, 0.29) is 12.0 Å². The maximum atomic E-state index is 12.0. The third kappa shape index (κ3) is 4.12. The molecular weight excluding hydrogens is 278 g/mol. The molecule has 0 aromatic carbocycles. The maximum absolute atomic E-state index is 12.0. The number of amides is 1. The number of thioether (sulfide) groups is 1. The van der Waals surface area contributed by atoms with E-state index in [2.05, 4.69) is 5.32 Å². The zero-order chi connectivity index (χ0) is 14.4. The van der Waals surface area contributed by atoms with Crippen LogP contribution in [0.5, 0.6) is 0 Å². The standard InChI is InChI=1S/C14H23NO4S/c16-12(5-4-11-3-1-2-8-19-11)15-14(13(17)18)6-9-20-10-7-14/h11H,1-10H2,(H,15,16)(H,17,18). The van der Waals surface area contributed by atoms with Crippen LogP contribution in [0.25, 0.3) is 0 Å². The van der Waals surface area contributed by atoms with Crippen molar-refractivity contribution < 1.29 is 19.4 Å². The van der Waals surface area contributed by atoms with Gasteiger partial charge in [-0.15, -0.1) is 0 Å². The van der Waals surface area contributed by atoms with Gasteiger partial charge in [-0.25, -0.2) is 4.79 Å². The van der Waals surface area contributed by atoms with Gasteiger partial charge in [0.1, 0.15) is 5.54 Å². The summed E-state index contributed by atoms with van der Waals surface area (Å²) >= 11 is 1.74. The van der Waals surface area contributed by atoms with Crippen molar-refractivity contribution >= 4 is 23.6 Å². The first-order valence-corrected chi connectivity index (χ1v) is 8.52. The Morgan fingerprint density at radius 3 is 2.65 bits per heavy atom. The number of carboxylic acids is 1. The second-order valence-corrected chi connectivity index (χ2v) is 6.80. The Labute approximate surface area is 123 Å². The largest absolute Gasteiger partial charge is 0.480 e. The van der Waals surface area contributed by atoms with Crippen molar-refractivity contribution in [3.8, 4) is 0 Å². The summed E-state index contributed by atoms with van der Waals surface area (Å²) in [7, 11) is 0. The Bertz CT molecular complexity index is 349. The molecule has 20 heavy (non-hydrogen) atoms. The molecule has 2 rings (SSSR count). The molecule has 2 aliphatic rings. The second-order valence-electron chi connectivity index (χ2n) is 5.58. The van der Waals surface area contributed by atoms with Crippen molar-refractivity contribution in [3.63, 3.8) is 0 Å². The molecule has 0 aromatic heterocycles. The van der Waals surface area contributed by atoms with Gasteiger partial charge in [-0.1, -0.05) is 0 Å². The van der Waals surface area contributed by atoms with Gasteiger partial charge in [0.15, 0.2) is 0 Å². The molecular formula is C14H23NO4S. The number of carbonyl (C=O) groups excluding carboxylic acids is 1. The van der Waals surface area contributed by atoms with E-state index in [1.54, 1.807) is 11.8 Å². The van der Waals surface area contributed by atoms with E-state index in [0.717, 1.165) is 37.4 Å². The molecule has 6 heteroatoms. The van der Waals surface area contributed by atoms with Gasteiger partial charge in [0, 0.05) is 13.0 Å². The lowest BCUT2D eigenvalue weighted by Crippen LogP contribution is -2.56. The summed E-state index contributed by atoms with van der Waals surface area (Å²) in [4.78, 5) is 23.5. The number of carboxylic acid groups (broad SMARTS) is 1. The fourth-order valence-electron chi connectivity index (χ4n) is 2.77. The summed E-state index contributed by atoms with van der Waals surface area (Å²) in [5, 5.41) is 12.2. The average Bonchev–Trinajstić information content (AvgIpc) is 2.47. The van der Waals surface area contributed by atoms with Crippen LogP contribution in [0, 0.1) is 0 Å². The number of nitrogens with one attached hydrogen (secondary N) is 1. The number of rotatable bonds is 5. The van der Waals surface area contributed by atoms with E-state index in [1.807, 2.05) is 0 Å². The van der Waals surface area contributed by atoms with Crippen molar-refractivity contribution in [2.45, 2.75) is 56.6 Å². The second kappa shape index (κ2) is 7.31. The summed E-state index contributed by atoms with van der Waals surface area (Å²) in [6.45, 7) is 0.780. The van der Waals surface area contributed by atoms with Crippen LogP contribution in [0.1, 0.15) is 44.9 Å². The first-order chi connectivity index (χ1) is 9.62. The molecule has 0 saturated carbocycles. The summed E-state index contributed by atoms with van der Waals surface area (Å²) < 4.78 is 5.59. The van der Waals surface area contributed by atoms with Crippen LogP contribution in [-0.4, -0.2) is 46.7 Å². The molecule has 0 spiro atoms. The number of hydrogen-bond donors (Lipinski definition) is 2. The highest BCUT2D eigenvalue weighted by Gasteiger charge is 2.41. The fraction of sp³-hybridized carbons (Fsp3) is 0.857.